The molecule has 0 radical (unpaired) electrons. The van der Waals surface area contributed by atoms with Crippen LogP contribution in [0.25, 0.3) is 0 Å². The van der Waals surface area contributed by atoms with Gasteiger partial charge in [0.2, 0.25) is 5.91 Å². The van der Waals surface area contributed by atoms with Crippen molar-refractivity contribution >= 4 is 70.3 Å². The highest BCUT2D eigenvalue weighted by Crippen LogP contribution is 2.37. The minimum atomic E-state index is -0.246. The van der Waals surface area contributed by atoms with Crippen LogP contribution in [-0.2, 0) is 11.4 Å². The molecule has 0 bridgehead atoms. The number of hydrogen-bond donors (Lipinski definition) is 1. The van der Waals surface area contributed by atoms with E-state index in [1.165, 1.54) is 25.1 Å². The Morgan fingerprint density at radius 2 is 1.73 bits per heavy atom. The summed E-state index contributed by atoms with van der Waals surface area (Å²) in [7, 11) is 1.50. The van der Waals surface area contributed by atoms with Crippen molar-refractivity contribution in [3.63, 3.8) is 0 Å². The molecule has 0 spiro atoms. The van der Waals surface area contributed by atoms with Crippen LogP contribution in [0.1, 0.15) is 11.1 Å². The summed E-state index contributed by atoms with van der Waals surface area (Å²) in [6.45, 7) is 0.181. The zero-order valence-electron chi connectivity index (χ0n) is 17.3. The van der Waals surface area contributed by atoms with Gasteiger partial charge in [-0.2, -0.15) is 5.10 Å². The lowest BCUT2D eigenvalue weighted by atomic mass is 10.2. The summed E-state index contributed by atoms with van der Waals surface area (Å²) < 4.78 is 11.2. The van der Waals surface area contributed by atoms with Crippen molar-refractivity contribution in [2.75, 3.05) is 12.9 Å². The number of carbonyl (C=O) groups excluding carboxylic acids is 1. The molecular formula is C23H18Cl4N2O3S. The van der Waals surface area contributed by atoms with Crippen LogP contribution >= 0.6 is 58.2 Å². The summed E-state index contributed by atoms with van der Waals surface area (Å²) in [4.78, 5) is 13.0. The number of rotatable bonds is 9. The Morgan fingerprint density at radius 1 is 1.00 bits per heavy atom. The topological polar surface area (TPSA) is 59.9 Å². The highest BCUT2D eigenvalue weighted by molar-refractivity contribution is 8.00. The van der Waals surface area contributed by atoms with E-state index in [9.17, 15) is 4.79 Å². The molecule has 5 nitrogen and oxygen atoms in total. The predicted octanol–water partition coefficient (Wildman–Crippen LogP) is 7.13. The van der Waals surface area contributed by atoms with Gasteiger partial charge in [0.05, 0.1) is 24.1 Å². The molecule has 0 aliphatic heterocycles. The zero-order chi connectivity index (χ0) is 23.8. The fourth-order valence-electron chi connectivity index (χ4n) is 2.63. The number of nitrogens with zero attached hydrogens (tertiary/aromatic N) is 1. The molecule has 3 aromatic rings. The predicted molar refractivity (Wildman–Crippen MR) is 137 cm³/mol. The minimum absolute atomic E-state index is 0.181. The number of thioether (sulfide) groups is 1. The first-order valence-electron chi connectivity index (χ1n) is 9.50. The van der Waals surface area contributed by atoms with Crippen molar-refractivity contribution in [3.05, 3.63) is 85.8 Å². The summed E-state index contributed by atoms with van der Waals surface area (Å²) >= 11 is 25.8. The number of carbonyl (C=O) groups is 1. The number of benzene rings is 3. The molecule has 0 unspecified atom stereocenters. The largest absolute Gasteiger partial charge is 0.493 e. The average Bonchev–Trinajstić information content (AvgIpc) is 2.78. The molecule has 0 heterocycles. The highest BCUT2D eigenvalue weighted by Gasteiger charge is 2.13. The molecule has 1 N–H and O–H groups in total. The Balaban J connectivity index is 1.59. The van der Waals surface area contributed by atoms with E-state index in [0.29, 0.717) is 37.2 Å². The van der Waals surface area contributed by atoms with E-state index in [4.69, 9.17) is 55.9 Å². The molecule has 10 heteroatoms. The van der Waals surface area contributed by atoms with Gasteiger partial charge >= 0.3 is 0 Å². The highest BCUT2D eigenvalue weighted by atomic mass is 35.5. The van der Waals surface area contributed by atoms with E-state index < -0.39 is 0 Å². The van der Waals surface area contributed by atoms with Gasteiger partial charge in [0, 0.05) is 25.5 Å². The van der Waals surface area contributed by atoms with Crippen molar-refractivity contribution in [1.29, 1.82) is 0 Å². The number of amides is 1. The first kappa shape index (κ1) is 25.5. The summed E-state index contributed by atoms with van der Waals surface area (Å²) in [5.74, 6) is 0.747. The van der Waals surface area contributed by atoms with Gasteiger partial charge in [0.1, 0.15) is 6.61 Å². The quantitative estimate of drug-likeness (QED) is 0.177. The molecule has 0 saturated carbocycles. The van der Waals surface area contributed by atoms with Gasteiger partial charge in [-0.3, -0.25) is 4.79 Å². The van der Waals surface area contributed by atoms with E-state index >= 15 is 0 Å². The van der Waals surface area contributed by atoms with Crippen LogP contribution in [-0.4, -0.2) is 25.0 Å². The minimum Gasteiger partial charge on any atom is -0.493 e. The normalized spacial score (nSPS) is 10.9. The van der Waals surface area contributed by atoms with Crippen molar-refractivity contribution in [2.24, 2.45) is 5.10 Å². The molecule has 0 aliphatic rings. The SMILES string of the molecule is COc1cc(/C=N\NC(=O)CSc2ccc(Cl)cc2)cc(Cl)c1OCc1ccc(Cl)cc1Cl. The van der Waals surface area contributed by atoms with E-state index in [-0.39, 0.29) is 18.3 Å². The van der Waals surface area contributed by atoms with Crippen LogP contribution in [0.15, 0.2) is 64.6 Å². The van der Waals surface area contributed by atoms with Crippen molar-refractivity contribution < 1.29 is 14.3 Å². The Kier molecular flexibility index (Phi) is 9.59. The Hall–Kier alpha value is -2.09. The fourth-order valence-corrected chi connectivity index (χ4v) is 4.19. The lowest BCUT2D eigenvalue weighted by Gasteiger charge is -2.14. The average molecular weight is 544 g/mol. The third-order valence-corrected chi connectivity index (χ3v) is 6.36. The molecule has 3 rings (SSSR count). The summed E-state index contributed by atoms with van der Waals surface area (Å²) in [6.07, 6.45) is 1.47. The molecule has 33 heavy (non-hydrogen) atoms. The zero-order valence-corrected chi connectivity index (χ0v) is 21.1. The maximum absolute atomic E-state index is 12.0. The molecule has 172 valence electrons. The van der Waals surface area contributed by atoms with E-state index in [1.54, 1.807) is 42.5 Å². The van der Waals surface area contributed by atoms with E-state index in [1.807, 2.05) is 12.1 Å². The molecule has 0 aromatic heterocycles. The van der Waals surface area contributed by atoms with Crippen LogP contribution in [0, 0.1) is 0 Å². The van der Waals surface area contributed by atoms with Crippen molar-refractivity contribution in [2.45, 2.75) is 11.5 Å². The second-order valence-electron chi connectivity index (χ2n) is 6.59. The van der Waals surface area contributed by atoms with Crippen LogP contribution in [0.5, 0.6) is 11.5 Å². The van der Waals surface area contributed by atoms with Gasteiger partial charge in [0.25, 0.3) is 0 Å². The maximum atomic E-state index is 12.0. The van der Waals surface area contributed by atoms with Crippen LogP contribution in [0.4, 0.5) is 0 Å². The second-order valence-corrected chi connectivity index (χ2v) is 9.33. The number of nitrogens with one attached hydrogen (secondary N) is 1. The molecule has 3 aromatic carbocycles. The molecule has 0 aliphatic carbocycles. The number of halogens is 4. The van der Waals surface area contributed by atoms with E-state index in [2.05, 4.69) is 10.5 Å². The van der Waals surface area contributed by atoms with Gasteiger partial charge in [0.15, 0.2) is 11.5 Å². The summed E-state index contributed by atoms with van der Waals surface area (Å²) in [5.41, 5.74) is 3.86. The van der Waals surface area contributed by atoms with Crippen molar-refractivity contribution in [3.8, 4) is 11.5 Å². The van der Waals surface area contributed by atoms with Gasteiger partial charge in [-0.15, -0.1) is 11.8 Å². The Labute approximate surface area is 216 Å². The Morgan fingerprint density at radius 3 is 2.42 bits per heavy atom. The Bertz CT molecular complexity index is 1160. The monoisotopic (exact) mass is 542 g/mol. The molecular weight excluding hydrogens is 526 g/mol. The molecule has 0 fully saturated rings. The number of methoxy groups -OCH3 is 1. The van der Waals surface area contributed by atoms with Gasteiger partial charge in [-0.05, 0) is 54.1 Å². The number of hydrogen-bond acceptors (Lipinski definition) is 5. The third kappa shape index (κ3) is 7.73. The van der Waals surface area contributed by atoms with Gasteiger partial charge in [-0.25, -0.2) is 5.43 Å². The molecule has 1 amide bonds. The smallest absolute Gasteiger partial charge is 0.250 e. The first-order chi connectivity index (χ1) is 15.9. The van der Waals surface area contributed by atoms with Crippen LogP contribution in [0.2, 0.25) is 20.1 Å². The third-order valence-electron chi connectivity index (χ3n) is 4.23. The van der Waals surface area contributed by atoms with E-state index in [0.717, 1.165) is 10.5 Å². The van der Waals surface area contributed by atoms with Gasteiger partial charge < -0.3 is 9.47 Å². The number of hydrazone groups is 1. The molecule has 0 atom stereocenters. The first-order valence-corrected chi connectivity index (χ1v) is 12.0. The van der Waals surface area contributed by atoms with Gasteiger partial charge in [-0.1, -0.05) is 52.5 Å². The molecule has 0 saturated heterocycles. The number of ether oxygens (including phenoxy) is 2. The second kappa shape index (κ2) is 12.4. The summed E-state index contributed by atoms with van der Waals surface area (Å²) in [6, 6.07) is 15.7. The fraction of sp³-hybridized carbons (Fsp3) is 0.130. The van der Waals surface area contributed by atoms with Crippen molar-refractivity contribution in [1.82, 2.24) is 5.43 Å². The van der Waals surface area contributed by atoms with Crippen LogP contribution in [0.3, 0.4) is 0 Å². The summed E-state index contributed by atoms with van der Waals surface area (Å²) in [5, 5.41) is 5.99. The standard InChI is InChI=1S/C23H18Cl4N2O3S/c1-31-21-9-14(11-28-29-22(30)13-33-18-6-4-16(24)5-7-18)8-20(27)23(21)32-12-15-2-3-17(25)10-19(15)26/h2-11H,12-13H2,1H3,(H,29,30)/b28-11-. The maximum Gasteiger partial charge on any atom is 0.250 e. The lowest BCUT2D eigenvalue weighted by molar-refractivity contribution is -0.118. The van der Waals surface area contributed by atoms with Crippen LogP contribution < -0.4 is 14.9 Å². The lowest BCUT2D eigenvalue weighted by Crippen LogP contribution is -2.19.